The summed E-state index contributed by atoms with van der Waals surface area (Å²) < 4.78 is 0. The molecule has 0 aliphatic heterocycles. The van der Waals surface area contributed by atoms with E-state index in [1.807, 2.05) is 26.0 Å². The summed E-state index contributed by atoms with van der Waals surface area (Å²) >= 11 is 0. The van der Waals surface area contributed by atoms with E-state index >= 15 is 0 Å². The Bertz CT molecular complexity index is 385. The van der Waals surface area contributed by atoms with Gasteiger partial charge >= 0.3 is 0 Å². The number of rotatable bonds is 8. The van der Waals surface area contributed by atoms with Crippen molar-refractivity contribution >= 4 is 0 Å². The average molecular weight is 287 g/mol. The number of hydrogen-bond acceptors (Lipinski definition) is 1. The summed E-state index contributed by atoms with van der Waals surface area (Å²) in [7, 11) is 0. The molecule has 21 heavy (non-hydrogen) atoms. The van der Waals surface area contributed by atoms with Crippen LogP contribution in [0.4, 0.5) is 0 Å². The number of unbranched alkanes of at least 4 members (excludes halogenated alkanes) is 1. The van der Waals surface area contributed by atoms with Gasteiger partial charge in [0.2, 0.25) is 0 Å². The fourth-order valence-corrected chi connectivity index (χ4v) is 2.47. The lowest BCUT2D eigenvalue weighted by atomic mass is 9.87. The first-order chi connectivity index (χ1) is 10.2. The Balaban J connectivity index is 0.00000191. The summed E-state index contributed by atoms with van der Waals surface area (Å²) in [5, 5.41) is 8.76. The number of nitriles is 1. The maximum absolute atomic E-state index is 8.76. The molecule has 0 bridgehead atoms. The molecule has 0 saturated carbocycles. The largest absolute Gasteiger partial charge is 0.192 e. The molecule has 0 N–H and O–H groups in total. The molecular weight excluding hydrogens is 254 g/mol. The molecule has 2 atom stereocenters. The highest BCUT2D eigenvalue weighted by atomic mass is 14.2. The van der Waals surface area contributed by atoms with Crippen LogP contribution in [0.3, 0.4) is 0 Å². The third-order valence-electron chi connectivity index (χ3n) is 4.19. The Morgan fingerprint density at radius 2 is 1.48 bits per heavy atom. The molecule has 0 saturated heterocycles. The minimum Gasteiger partial charge on any atom is -0.192 e. The molecule has 1 heteroatoms. The first-order valence-electron chi connectivity index (χ1n) is 8.66. The lowest BCUT2D eigenvalue weighted by Gasteiger charge is -2.19. The van der Waals surface area contributed by atoms with E-state index in [4.69, 9.17) is 5.26 Å². The normalized spacial score (nSPS) is 12.8. The predicted octanol–water partition coefficient (Wildman–Crippen LogP) is 6.37. The topological polar surface area (TPSA) is 23.8 Å². The second-order valence-corrected chi connectivity index (χ2v) is 5.80. The highest BCUT2D eigenvalue weighted by Crippen LogP contribution is 2.23. The van der Waals surface area contributed by atoms with Gasteiger partial charge in [0, 0.05) is 0 Å². The number of nitrogens with zero attached hydrogens (tertiary/aromatic N) is 1. The van der Waals surface area contributed by atoms with Crippen LogP contribution in [-0.2, 0) is 6.42 Å². The standard InChI is InChI=1S/C18H27N.C2H6/c1-4-5-7-15(2)16(3)8-6-9-17-10-12-18(14-19)13-11-17;1-2/h10-13,15-16H,4-9H2,1-3H3;1-2H3. The third kappa shape index (κ3) is 8.56. The lowest BCUT2D eigenvalue weighted by molar-refractivity contribution is 0.330. The summed E-state index contributed by atoms with van der Waals surface area (Å²) in [6, 6.07) is 10.2. The van der Waals surface area contributed by atoms with E-state index in [1.165, 1.54) is 37.7 Å². The summed E-state index contributed by atoms with van der Waals surface area (Å²) in [5.74, 6) is 1.67. The molecule has 0 aliphatic carbocycles. The maximum atomic E-state index is 8.76. The molecule has 0 aliphatic rings. The first-order valence-corrected chi connectivity index (χ1v) is 8.66. The molecule has 118 valence electrons. The molecular formula is C20H33N. The third-order valence-corrected chi connectivity index (χ3v) is 4.19. The monoisotopic (exact) mass is 287 g/mol. The fraction of sp³-hybridized carbons (Fsp3) is 0.650. The van der Waals surface area contributed by atoms with Crippen molar-refractivity contribution in [3.63, 3.8) is 0 Å². The van der Waals surface area contributed by atoms with Crippen molar-refractivity contribution in [2.75, 3.05) is 0 Å². The van der Waals surface area contributed by atoms with Crippen LogP contribution >= 0.6 is 0 Å². The smallest absolute Gasteiger partial charge is 0.0991 e. The van der Waals surface area contributed by atoms with Crippen molar-refractivity contribution < 1.29 is 0 Å². The maximum Gasteiger partial charge on any atom is 0.0991 e. The van der Waals surface area contributed by atoms with Crippen LogP contribution in [0.1, 0.15) is 77.8 Å². The van der Waals surface area contributed by atoms with Crippen molar-refractivity contribution in [1.82, 2.24) is 0 Å². The van der Waals surface area contributed by atoms with Gasteiger partial charge in [0.15, 0.2) is 0 Å². The second kappa shape index (κ2) is 12.5. The molecule has 0 fully saturated rings. The second-order valence-electron chi connectivity index (χ2n) is 5.80. The fourth-order valence-electron chi connectivity index (χ4n) is 2.47. The minimum atomic E-state index is 0.755. The van der Waals surface area contributed by atoms with Gasteiger partial charge in [0.25, 0.3) is 0 Å². The van der Waals surface area contributed by atoms with Crippen molar-refractivity contribution in [2.45, 2.75) is 73.1 Å². The van der Waals surface area contributed by atoms with Crippen LogP contribution < -0.4 is 0 Å². The molecule has 0 spiro atoms. The van der Waals surface area contributed by atoms with Crippen molar-refractivity contribution in [3.8, 4) is 6.07 Å². The van der Waals surface area contributed by atoms with Crippen molar-refractivity contribution in [3.05, 3.63) is 35.4 Å². The number of aryl methyl sites for hydroxylation is 1. The van der Waals surface area contributed by atoms with E-state index in [1.54, 1.807) is 0 Å². The Morgan fingerprint density at radius 3 is 1.95 bits per heavy atom. The average Bonchev–Trinajstić information content (AvgIpc) is 2.55. The highest BCUT2D eigenvalue weighted by Gasteiger charge is 2.11. The Morgan fingerprint density at radius 1 is 0.952 bits per heavy atom. The molecule has 0 radical (unpaired) electrons. The number of benzene rings is 1. The van der Waals surface area contributed by atoms with E-state index in [2.05, 4.69) is 39.0 Å². The molecule has 2 unspecified atom stereocenters. The van der Waals surface area contributed by atoms with Gasteiger partial charge < -0.3 is 0 Å². The van der Waals surface area contributed by atoms with Gasteiger partial charge in [-0.05, 0) is 42.4 Å². The quantitative estimate of drug-likeness (QED) is 0.545. The van der Waals surface area contributed by atoms with E-state index in [0.717, 1.165) is 23.8 Å². The van der Waals surface area contributed by atoms with Gasteiger partial charge in [-0.3, -0.25) is 0 Å². The van der Waals surface area contributed by atoms with E-state index in [-0.39, 0.29) is 0 Å². The molecule has 1 aromatic rings. The molecule has 1 rings (SSSR count). The first kappa shape index (κ1) is 19.7. The zero-order valence-corrected chi connectivity index (χ0v) is 14.7. The highest BCUT2D eigenvalue weighted by molar-refractivity contribution is 5.31. The van der Waals surface area contributed by atoms with E-state index in [9.17, 15) is 0 Å². The SMILES string of the molecule is CC.CCCCC(C)C(C)CCCc1ccc(C#N)cc1. The summed E-state index contributed by atoms with van der Waals surface area (Å²) in [5.41, 5.74) is 2.11. The van der Waals surface area contributed by atoms with Gasteiger partial charge in [-0.1, -0.05) is 72.4 Å². The van der Waals surface area contributed by atoms with Crippen LogP contribution in [0.25, 0.3) is 0 Å². The Labute approximate surface area is 132 Å². The minimum absolute atomic E-state index is 0.755. The van der Waals surface area contributed by atoms with Crippen LogP contribution in [0.2, 0.25) is 0 Å². The Kier molecular flexibility index (Phi) is 11.7. The lowest BCUT2D eigenvalue weighted by Crippen LogP contribution is -2.08. The zero-order valence-electron chi connectivity index (χ0n) is 14.7. The molecule has 0 heterocycles. The Hall–Kier alpha value is -1.29. The van der Waals surface area contributed by atoms with Crippen molar-refractivity contribution in [2.24, 2.45) is 11.8 Å². The van der Waals surface area contributed by atoms with Gasteiger partial charge in [-0.2, -0.15) is 5.26 Å². The molecule has 1 nitrogen and oxygen atoms in total. The van der Waals surface area contributed by atoms with Crippen LogP contribution in [0.15, 0.2) is 24.3 Å². The van der Waals surface area contributed by atoms with Crippen LogP contribution in [0, 0.1) is 23.2 Å². The molecule has 0 aromatic heterocycles. The van der Waals surface area contributed by atoms with Gasteiger partial charge in [0.05, 0.1) is 11.6 Å². The van der Waals surface area contributed by atoms with Gasteiger partial charge in [-0.15, -0.1) is 0 Å². The predicted molar refractivity (Wildman–Crippen MR) is 93.3 cm³/mol. The van der Waals surface area contributed by atoms with Crippen LogP contribution in [0.5, 0.6) is 0 Å². The summed E-state index contributed by atoms with van der Waals surface area (Å²) in [6.45, 7) is 11.0. The van der Waals surface area contributed by atoms with Crippen molar-refractivity contribution in [1.29, 1.82) is 5.26 Å². The van der Waals surface area contributed by atoms with Gasteiger partial charge in [-0.25, -0.2) is 0 Å². The van der Waals surface area contributed by atoms with E-state index in [0.29, 0.717) is 0 Å². The van der Waals surface area contributed by atoms with E-state index < -0.39 is 0 Å². The summed E-state index contributed by atoms with van der Waals surface area (Å²) in [6.07, 6.45) is 7.74. The van der Waals surface area contributed by atoms with Crippen LogP contribution in [-0.4, -0.2) is 0 Å². The molecule has 0 amide bonds. The molecule has 1 aromatic carbocycles. The summed E-state index contributed by atoms with van der Waals surface area (Å²) in [4.78, 5) is 0. The zero-order chi connectivity index (χ0) is 16.1. The number of hydrogen-bond donors (Lipinski definition) is 0. The van der Waals surface area contributed by atoms with Gasteiger partial charge in [0.1, 0.15) is 0 Å².